The number of hydrogen-bond donors (Lipinski definition) is 1. The van der Waals surface area contributed by atoms with Crippen molar-refractivity contribution in [3.63, 3.8) is 0 Å². The molecule has 0 bridgehead atoms. The second-order valence-electron chi connectivity index (χ2n) is 4.98. The van der Waals surface area contributed by atoms with Crippen molar-refractivity contribution in [1.82, 2.24) is 0 Å². The summed E-state index contributed by atoms with van der Waals surface area (Å²) >= 11 is 0. The molecular formula is C15H23NO3. The Labute approximate surface area is 114 Å². The summed E-state index contributed by atoms with van der Waals surface area (Å²) in [5, 5.41) is 0. The zero-order valence-electron chi connectivity index (χ0n) is 12.0. The Balaban J connectivity index is 2.44. The van der Waals surface area contributed by atoms with Crippen LogP contribution >= 0.6 is 0 Å². The molecule has 0 radical (unpaired) electrons. The van der Waals surface area contributed by atoms with E-state index in [1.165, 1.54) is 0 Å². The SMILES string of the molecule is COc1cc(C)c(C2(CCN)OCCCO2)cc1C. The quantitative estimate of drug-likeness (QED) is 0.907. The molecule has 1 heterocycles. The van der Waals surface area contributed by atoms with Gasteiger partial charge in [0, 0.05) is 12.0 Å². The van der Waals surface area contributed by atoms with Crippen LogP contribution in [0.1, 0.15) is 29.5 Å². The van der Waals surface area contributed by atoms with Gasteiger partial charge in [-0.05, 0) is 50.1 Å². The summed E-state index contributed by atoms with van der Waals surface area (Å²) in [5.74, 6) is 0.202. The van der Waals surface area contributed by atoms with E-state index in [1.54, 1.807) is 7.11 Å². The van der Waals surface area contributed by atoms with Crippen LogP contribution in [-0.4, -0.2) is 26.9 Å². The molecule has 4 nitrogen and oxygen atoms in total. The van der Waals surface area contributed by atoms with Crippen molar-refractivity contribution in [2.24, 2.45) is 5.73 Å². The first-order valence-electron chi connectivity index (χ1n) is 6.76. The van der Waals surface area contributed by atoms with Crippen LogP contribution in [0.3, 0.4) is 0 Å². The molecule has 0 unspecified atom stereocenters. The van der Waals surface area contributed by atoms with Gasteiger partial charge in [-0.2, -0.15) is 0 Å². The fourth-order valence-corrected chi connectivity index (χ4v) is 2.62. The lowest BCUT2D eigenvalue weighted by molar-refractivity contribution is -0.278. The first-order chi connectivity index (χ1) is 9.13. The van der Waals surface area contributed by atoms with Crippen LogP contribution in [0.15, 0.2) is 12.1 Å². The monoisotopic (exact) mass is 265 g/mol. The molecule has 0 aliphatic carbocycles. The topological polar surface area (TPSA) is 53.7 Å². The molecule has 1 saturated heterocycles. The fourth-order valence-electron chi connectivity index (χ4n) is 2.62. The van der Waals surface area contributed by atoms with E-state index >= 15 is 0 Å². The van der Waals surface area contributed by atoms with Gasteiger partial charge >= 0.3 is 0 Å². The van der Waals surface area contributed by atoms with Crippen molar-refractivity contribution in [1.29, 1.82) is 0 Å². The normalized spacial score (nSPS) is 18.3. The number of aryl methyl sites for hydroxylation is 2. The Bertz CT molecular complexity index is 434. The number of ether oxygens (including phenoxy) is 3. The highest BCUT2D eigenvalue weighted by Crippen LogP contribution is 2.38. The molecule has 19 heavy (non-hydrogen) atoms. The highest BCUT2D eigenvalue weighted by Gasteiger charge is 2.37. The number of methoxy groups -OCH3 is 1. The van der Waals surface area contributed by atoms with Gasteiger partial charge in [0.05, 0.1) is 20.3 Å². The molecule has 0 saturated carbocycles. The third-order valence-electron chi connectivity index (χ3n) is 3.58. The van der Waals surface area contributed by atoms with E-state index in [-0.39, 0.29) is 0 Å². The van der Waals surface area contributed by atoms with Gasteiger partial charge in [0.15, 0.2) is 5.79 Å². The fraction of sp³-hybridized carbons (Fsp3) is 0.600. The van der Waals surface area contributed by atoms with Crippen LogP contribution in [0.2, 0.25) is 0 Å². The average Bonchev–Trinajstić information content (AvgIpc) is 2.42. The van der Waals surface area contributed by atoms with Crippen molar-refractivity contribution in [3.05, 3.63) is 28.8 Å². The van der Waals surface area contributed by atoms with E-state index in [0.29, 0.717) is 26.2 Å². The molecule has 1 aliphatic heterocycles. The summed E-state index contributed by atoms with van der Waals surface area (Å²) in [6, 6.07) is 4.12. The van der Waals surface area contributed by atoms with Crippen molar-refractivity contribution >= 4 is 0 Å². The lowest BCUT2D eigenvalue weighted by Crippen LogP contribution is -2.40. The van der Waals surface area contributed by atoms with Gasteiger partial charge in [0.25, 0.3) is 0 Å². The number of nitrogens with two attached hydrogens (primary N) is 1. The van der Waals surface area contributed by atoms with Crippen LogP contribution < -0.4 is 10.5 Å². The van der Waals surface area contributed by atoms with Gasteiger partial charge in [-0.3, -0.25) is 0 Å². The zero-order valence-corrected chi connectivity index (χ0v) is 12.0. The molecule has 0 atom stereocenters. The molecule has 1 aromatic rings. The van der Waals surface area contributed by atoms with Crippen LogP contribution in [0.25, 0.3) is 0 Å². The molecular weight excluding hydrogens is 242 g/mol. The highest BCUT2D eigenvalue weighted by atomic mass is 16.7. The Hall–Kier alpha value is -1.10. The molecule has 1 fully saturated rings. The standard InChI is InChI=1S/C15H23NO3/c1-11-10-14(17-3)12(2)9-13(11)15(5-6-16)18-7-4-8-19-15/h9-10H,4-8,16H2,1-3H3. The molecule has 0 aromatic heterocycles. The summed E-state index contributed by atoms with van der Waals surface area (Å²) in [6.45, 7) is 6.04. The number of hydrogen-bond acceptors (Lipinski definition) is 4. The van der Waals surface area contributed by atoms with Crippen molar-refractivity contribution < 1.29 is 14.2 Å². The van der Waals surface area contributed by atoms with Crippen LogP contribution in [0.4, 0.5) is 0 Å². The van der Waals surface area contributed by atoms with Crippen molar-refractivity contribution in [3.8, 4) is 5.75 Å². The van der Waals surface area contributed by atoms with E-state index in [4.69, 9.17) is 19.9 Å². The van der Waals surface area contributed by atoms with Gasteiger partial charge in [-0.1, -0.05) is 0 Å². The summed E-state index contributed by atoms with van der Waals surface area (Å²) in [7, 11) is 1.69. The van der Waals surface area contributed by atoms with E-state index in [0.717, 1.165) is 28.9 Å². The van der Waals surface area contributed by atoms with E-state index < -0.39 is 5.79 Å². The zero-order chi connectivity index (χ0) is 13.9. The van der Waals surface area contributed by atoms with Gasteiger partial charge in [0.1, 0.15) is 5.75 Å². The summed E-state index contributed by atoms with van der Waals surface area (Å²) in [5.41, 5.74) is 9.00. The lowest BCUT2D eigenvalue weighted by atomic mass is 9.94. The average molecular weight is 265 g/mol. The first kappa shape index (κ1) is 14.3. The van der Waals surface area contributed by atoms with E-state index in [2.05, 4.69) is 13.0 Å². The maximum Gasteiger partial charge on any atom is 0.196 e. The second kappa shape index (κ2) is 5.90. The first-order valence-corrected chi connectivity index (χ1v) is 6.76. The lowest BCUT2D eigenvalue weighted by Gasteiger charge is -2.38. The molecule has 0 amide bonds. The van der Waals surface area contributed by atoms with Gasteiger partial charge in [-0.25, -0.2) is 0 Å². The molecule has 1 aliphatic rings. The molecule has 2 rings (SSSR count). The van der Waals surface area contributed by atoms with E-state index in [1.807, 2.05) is 13.0 Å². The summed E-state index contributed by atoms with van der Waals surface area (Å²) < 4.78 is 17.3. The number of rotatable bonds is 4. The Kier molecular flexibility index (Phi) is 4.45. The largest absolute Gasteiger partial charge is 0.496 e. The van der Waals surface area contributed by atoms with Crippen molar-refractivity contribution in [2.45, 2.75) is 32.5 Å². The predicted molar refractivity (Wildman–Crippen MR) is 74.3 cm³/mol. The third-order valence-corrected chi connectivity index (χ3v) is 3.58. The Morgan fingerprint density at radius 2 is 1.89 bits per heavy atom. The Morgan fingerprint density at radius 1 is 1.21 bits per heavy atom. The van der Waals surface area contributed by atoms with Crippen LogP contribution in [0, 0.1) is 13.8 Å². The van der Waals surface area contributed by atoms with Crippen LogP contribution in [-0.2, 0) is 15.3 Å². The van der Waals surface area contributed by atoms with Crippen LogP contribution in [0.5, 0.6) is 5.75 Å². The summed E-state index contributed by atoms with van der Waals surface area (Å²) in [4.78, 5) is 0. The second-order valence-corrected chi connectivity index (χ2v) is 4.98. The Morgan fingerprint density at radius 3 is 2.47 bits per heavy atom. The van der Waals surface area contributed by atoms with E-state index in [9.17, 15) is 0 Å². The van der Waals surface area contributed by atoms with Gasteiger partial charge in [0.2, 0.25) is 0 Å². The minimum atomic E-state index is -0.686. The third kappa shape index (κ3) is 2.76. The van der Waals surface area contributed by atoms with Gasteiger partial charge in [-0.15, -0.1) is 0 Å². The summed E-state index contributed by atoms with van der Waals surface area (Å²) in [6.07, 6.45) is 1.60. The molecule has 1 aromatic carbocycles. The van der Waals surface area contributed by atoms with Crippen molar-refractivity contribution in [2.75, 3.05) is 26.9 Å². The molecule has 2 N–H and O–H groups in total. The molecule has 0 spiro atoms. The minimum absolute atomic E-state index is 0.532. The van der Waals surface area contributed by atoms with Gasteiger partial charge < -0.3 is 19.9 Å². The smallest absolute Gasteiger partial charge is 0.196 e. The molecule has 4 heteroatoms. The highest BCUT2D eigenvalue weighted by molar-refractivity contribution is 5.43. The maximum absolute atomic E-state index is 5.96. The predicted octanol–water partition coefficient (Wildman–Crippen LogP) is 2.25. The number of benzene rings is 1. The minimum Gasteiger partial charge on any atom is -0.496 e. The maximum atomic E-state index is 5.96. The molecule has 106 valence electrons.